The Morgan fingerprint density at radius 1 is 0.421 bits per heavy atom. The van der Waals surface area contributed by atoms with Gasteiger partial charge in [0, 0.05) is 22.5 Å². The van der Waals surface area contributed by atoms with Gasteiger partial charge in [0.05, 0.1) is 0 Å². The number of hydrogen-bond acceptors (Lipinski definition) is 1. The molecule has 0 aliphatic heterocycles. The molecule has 0 saturated heterocycles. The molecule has 4 fully saturated rings. The first-order chi connectivity index (χ1) is 27.9. The molecule has 0 radical (unpaired) electrons. The average molecular weight is 738 g/mol. The van der Waals surface area contributed by atoms with Crippen LogP contribution in [-0.4, -0.2) is 0 Å². The quantitative estimate of drug-likeness (QED) is 0.157. The number of aryl methyl sites for hydroxylation is 1. The van der Waals surface area contributed by atoms with Gasteiger partial charge in [-0.15, -0.1) is 0 Å². The van der Waals surface area contributed by atoms with Crippen molar-refractivity contribution in [2.45, 2.75) is 64.2 Å². The Hall–Kier alpha value is -5.66. The van der Waals surface area contributed by atoms with Gasteiger partial charge in [0.25, 0.3) is 0 Å². The predicted octanol–water partition coefficient (Wildman–Crippen LogP) is 15.3. The molecule has 0 atom stereocenters. The normalized spacial score (nSPS) is 22.3. The lowest BCUT2D eigenvalue weighted by atomic mass is 9.51. The molecule has 7 aromatic rings. The van der Waals surface area contributed by atoms with Crippen molar-refractivity contribution < 1.29 is 0 Å². The fourth-order valence-electron chi connectivity index (χ4n) is 12.1. The molecule has 1 heteroatoms. The van der Waals surface area contributed by atoms with Crippen LogP contribution in [0.5, 0.6) is 0 Å². The second kappa shape index (κ2) is 13.5. The molecule has 0 aromatic heterocycles. The SMILES string of the molecule is Cc1ccc2c(c1)C(C)(C)c1cc(N(c3ccc(-c4ccccc4-c4ccccc4-c4ccccc4)cc3)c3ccc(C4C5CC6CC(C5)CC4C6)cc3)ccc1-2. The Bertz CT molecular complexity index is 2580. The zero-order chi connectivity index (χ0) is 38.3. The van der Waals surface area contributed by atoms with Gasteiger partial charge in [-0.1, -0.05) is 147 Å². The molecule has 7 aromatic carbocycles. The van der Waals surface area contributed by atoms with Crippen LogP contribution in [0.4, 0.5) is 17.1 Å². The van der Waals surface area contributed by atoms with Gasteiger partial charge in [-0.2, -0.15) is 0 Å². The van der Waals surface area contributed by atoms with E-state index in [-0.39, 0.29) is 5.41 Å². The molecular formula is C56H51N. The van der Waals surface area contributed by atoms with Crippen LogP contribution in [0.15, 0.2) is 164 Å². The van der Waals surface area contributed by atoms with Crippen molar-refractivity contribution in [3.05, 3.63) is 186 Å². The van der Waals surface area contributed by atoms with E-state index in [0.29, 0.717) is 0 Å². The standard InChI is InChI=1S/C56H51N/c1-36-17-27-51-52-28-26-46(35-54(52)56(2,3)53(51)29-36)57(45-24-20-41(21-25-45)55-42-31-37-30-38(33-42)34-43(55)32-37)44-22-18-40(19-23-44)48-14-8-10-16-50(48)49-15-9-7-13-47(49)39-11-5-4-6-12-39/h4-29,35,37-38,42-43,55H,30-34H2,1-3H3. The van der Waals surface area contributed by atoms with Crippen LogP contribution in [0.25, 0.3) is 44.5 Å². The fraction of sp³-hybridized carbons (Fsp3) is 0.250. The summed E-state index contributed by atoms with van der Waals surface area (Å²) in [5.74, 6) is 4.47. The van der Waals surface area contributed by atoms with Gasteiger partial charge in [0.1, 0.15) is 0 Å². The van der Waals surface area contributed by atoms with Crippen molar-refractivity contribution in [3.63, 3.8) is 0 Å². The van der Waals surface area contributed by atoms with Gasteiger partial charge >= 0.3 is 0 Å². The smallest absolute Gasteiger partial charge is 0.0465 e. The van der Waals surface area contributed by atoms with Crippen molar-refractivity contribution in [2.24, 2.45) is 23.7 Å². The van der Waals surface area contributed by atoms with E-state index in [1.54, 1.807) is 5.56 Å². The highest BCUT2D eigenvalue weighted by Gasteiger charge is 2.48. The Morgan fingerprint density at radius 3 is 1.49 bits per heavy atom. The Balaban J connectivity index is 0.991. The number of fused-ring (bicyclic) bond motifs is 3. The third kappa shape index (κ3) is 5.81. The molecule has 4 bridgehead atoms. The second-order valence-electron chi connectivity index (χ2n) is 18.3. The van der Waals surface area contributed by atoms with Crippen LogP contribution in [0.2, 0.25) is 0 Å². The van der Waals surface area contributed by atoms with Gasteiger partial charge in [0.2, 0.25) is 0 Å². The van der Waals surface area contributed by atoms with E-state index in [0.717, 1.165) is 29.6 Å². The zero-order valence-corrected chi connectivity index (χ0v) is 33.5. The van der Waals surface area contributed by atoms with E-state index in [1.807, 2.05) is 0 Å². The number of benzene rings is 7. The van der Waals surface area contributed by atoms with Crippen LogP contribution in [0, 0.1) is 30.6 Å². The maximum Gasteiger partial charge on any atom is 0.0465 e. The molecule has 0 heterocycles. The summed E-state index contributed by atoms with van der Waals surface area (Å²) >= 11 is 0. The highest BCUT2D eigenvalue weighted by molar-refractivity contribution is 5.92. The van der Waals surface area contributed by atoms with Gasteiger partial charge in [-0.05, 0) is 166 Å². The number of nitrogens with zero attached hydrogens (tertiary/aromatic N) is 1. The number of anilines is 3. The summed E-state index contributed by atoms with van der Waals surface area (Å²) in [4.78, 5) is 2.49. The van der Waals surface area contributed by atoms with Crippen LogP contribution in [-0.2, 0) is 5.41 Å². The van der Waals surface area contributed by atoms with Crippen molar-refractivity contribution in [1.82, 2.24) is 0 Å². The molecule has 0 amide bonds. The lowest BCUT2D eigenvalue weighted by molar-refractivity contribution is -0.00277. The van der Waals surface area contributed by atoms with Crippen molar-refractivity contribution in [3.8, 4) is 44.5 Å². The maximum absolute atomic E-state index is 2.49. The van der Waals surface area contributed by atoms with Crippen LogP contribution in [0.1, 0.15) is 74.1 Å². The van der Waals surface area contributed by atoms with Gasteiger partial charge in [0.15, 0.2) is 0 Å². The van der Waals surface area contributed by atoms with Crippen molar-refractivity contribution in [2.75, 3.05) is 4.90 Å². The van der Waals surface area contributed by atoms with Crippen molar-refractivity contribution >= 4 is 17.1 Å². The van der Waals surface area contributed by atoms with Crippen LogP contribution >= 0.6 is 0 Å². The fourth-order valence-corrected chi connectivity index (χ4v) is 12.1. The van der Waals surface area contributed by atoms with E-state index in [2.05, 4.69) is 189 Å². The Morgan fingerprint density at radius 2 is 0.895 bits per heavy atom. The summed E-state index contributed by atoms with van der Waals surface area (Å²) in [6, 6.07) is 61.7. The van der Waals surface area contributed by atoms with E-state index in [4.69, 9.17) is 0 Å². The van der Waals surface area contributed by atoms with Crippen LogP contribution in [0.3, 0.4) is 0 Å². The van der Waals surface area contributed by atoms with Crippen LogP contribution < -0.4 is 4.90 Å². The predicted molar refractivity (Wildman–Crippen MR) is 240 cm³/mol. The molecule has 4 saturated carbocycles. The van der Waals surface area contributed by atoms with E-state index in [9.17, 15) is 0 Å². The minimum Gasteiger partial charge on any atom is -0.310 e. The Labute approximate surface area is 339 Å². The molecule has 0 spiro atoms. The highest BCUT2D eigenvalue weighted by Crippen LogP contribution is 2.60. The molecule has 0 unspecified atom stereocenters. The zero-order valence-electron chi connectivity index (χ0n) is 33.5. The number of rotatable bonds is 7. The van der Waals surface area contributed by atoms with Gasteiger partial charge in [-0.25, -0.2) is 0 Å². The first-order valence-corrected chi connectivity index (χ1v) is 21.4. The first-order valence-electron chi connectivity index (χ1n) is 21.4. The molecule has 57 heavy (non-hydrogen) atoms. The molecule has 12 rings (SSSR count). The van der Waals surface area contributed by atoms with Gasteiger partial charge in [-0.3, -0.25) is 0 Å². The molecule has 280 valence electrons. The maximum atomic E-state index is 2.49. The number of hydrogen-bond donors (Lipinski definition) is 0. The third-order valence-corrected chi connectivity index (χ3v) is 14.5. The molecular weight excluding hydrogens is 687 g/mol. The van der Waals surface area contributed by atoms with E-state index in [1.165, 1.54) is 110 Å². The molecule has 1 nitrogen and oxygen atoms in total. The highest BCUT2D eigenvalue weighted by atomic mass is 15.1. The largest absolute Gasteiger partial charge is 0.310 e. The molecule has 0 N–H and O–H groups in total. The summed E-state index contributed by atoms with van der Waals surface area (Å²) in [6.07, 6.45) is 7.30. The molecule has 5 aliphatic rings. The van der Waals surface area contributed by atoms with Gasteiger partial charge < -0.3 is 4.90 Å². The van der Waals surface area contributed by atoms with Crippen molar-refractivity contribution in [1.29, 1.82) is 0 Å². The first kappa shape index (κ1) is 34.6. The minimum atomic E-state index is -0.0781. The summed E-state index contributed by atoms with van der Waals surface area (Å²) in [5, 5.41) is 0. The average Bonchev–Trinajstić information content (AvgIpc) is 3.46. The topological polar surface area (TPSA) is 3.24 Å². The molecule has 5 aliphatic carbocycles. The monoisotopic (exact) mass is 737 g/mol. The lowest BCUT2D eigenvalue weighted by Crippen LogP contribution is -2.43. The summed E-state index contributed by atoms with van der Waals surface area (Å²) < 4.78 is 0. The van der Waals surface area contributed by atoms with E-state index < -0.39 is 0 Å². The minimum absolute atomic E-state index is 0.0781. The summed E-state index contributed by atoms with van der Waals surface area (Å²) in [6.45, 7) is 7.00. The lowest BCUT2D eigenvalue weighted by Gasteiger charge is -2.54. The Kier molecular flexibility index (Phi) is 8.18. The third-order valence-electron chi connectivity index (χ3n) is 14.5. The summed E-state index contributed by atoms with van der Waals surface area (Å²) in [7, 11) is 0. The van der Waals surface area contributed by atoms with E-state index >= 15 is 0 Å². The second-order valence-corrected chi connectivity index (χ2v) is 18.3. The summed E-state index contributed by atoms with van der Waals surface area (Å²) in [5.41, 5.74) is 19.4.